The smallest absolute Gasteiger partial charge is 0.264 e. The zero-order valence-corrected chi connectivity index (χ0v) is 17.5. The quantitative estimate of drug-likeness (QED) is 0.481. The maximum Gasteiger partial charge on any atom is 0.264 e. The Morgan fingerprint density at radius 3 is 2.52 bits per heavy atom. The van der Waals surface area contributed by atoms with E-state index in [1.165, 1.54) is 18.3 Å². The molecule has 0 fully saturated rings. The van der Waals surface area contributed by atoms with Gasteiger partial charge in [0, 0.05) is 0 Å². The molecule has 1 amide bonds. The second-order valence-electron chi connectivity index (χ2n) is 6.26. The highest BCUT2D eigenvalue weighted by atomic mass is 79.9. The molecule has 1 aromatic carbocycles. The third kappa shape index (κ3) is 6.12. The minimum Gasteiger partial charge on any atom is -0.322 e. The van der Waals surface area contributed by atoms with Crippen LogP contribution in [0.25, 0.3) is 5.69 Å². The highest BCUT2D eigenvalue weighted by Gasteiger charge is 2.21. The maximum atomic E-state index is 13.2. The first-order chi connectivity index (χ1) is 12.6. The third-order valence-corrected chi connectivity index (χ3v) is 5.10. The van der Waals surface area contributed by atoms with Gasteiger partial charge < -0.3 is 5.32 Å². The van der Waals surface area contributed by atoms with E-state index in [1.807, 2.05) is 13.8 Å². The van der Waals surface area contributed by atoms with Crippen molar-refractivity contribution in [3.63, 3.8) is 0 Å². The van der Waals surface area contributed by atoms with Crippen molar-refractivity contribution >= 4 is 37.6 Å². The number of hydrogen-bond donors (Lipinski definition) is 1. The molecular weight excluding hydrogens is 441 g/mol. The average Bonchev–Trinajstić information content (AvgIpc) is 2.98. The summed E-state index contributed by atoms with van der Waals surface area (Å²) in [6.45, 7) is 3.81. The van der Waals surface area contributed by atoms with Crippen molar-refractivity contribution in [2.45, 2.75) is 31.0 Å². The molecule has 0 spiro atoms. The summed E-state index contributed by atoms with van der Waals surface area (Å²) >= 11 is 3.23. The van der Waals surface area contributed by atoms with E-state index < -0.39 is 14.9 Å². The summed E-state index contributed by atoms with van der Waals surface area (Å²) in [5.41, 5.74) is 1.98. The fourth-order valence-electron chi connectivity index (χ4n) is 2.44. The minimum atomic E-state index is -3.55. The van der Waals surface area contributed by atoms with Crippen LogP contribution >= 0.6 is 15.9 Å². The summed E-state index contributed by atoms with van der Waals surface area (Å²) in [7, 11) is -3.55. The van der Waals surface area contributed by atoms with E-state index in [4.69, 9.17) is 0 Å². The molecule has 1 unspecified atom stereocenters. The van der Waals surface area contributed by atoms with E-state index in [0.29, 0.717) is 11.4 Å². The standard InChI is InChI=1S/C17H21BrFN3O4S/c1-11(2)16-15(10-20-22(16)13-6-4-12(19)5-7-13)21-17(23)14(18)8-9-26-27(3,24)25/h4-7,10-11,14H,8-9H2,1-3H3,(H,21,23). The van der Waals surface area contributed by atoms with E-state index in [2.05, 4.69) is 30.5 Å². The predicted molar refractivity (Wildman–Crippen MR) is 104 cm³/mol. The zero-order valence-electron chi connectivity index (χ0n) is 15.1. The van der Waals surface area contributed by atoms with Crippen molar-refractivity contribution in [2.75, 3.05) is 18.2 Å². The van der Waals surface area contributed by atoms with Crippen molar-refractivity contribution in [3.05, 3.63) is 42.0 Å². The molecule has 10 heteroatoms. The number of nitrogens with zero attached hydrogens (tertiary/aromatic N) is 2. The second kappa shape index (κ2) is 8.94. The van der Waals surface area contributed by atoms with Crippen molar-refractivity contribution in [1.29, 1.82) is 0 Å². The van der Waals surface area contributed by atoms with Crippen molar-refractivity contribution < 1.29 is 21.8 Å². The molecule has 2 rings (SSSR count). The van der Waals surface area contributed by atoms with Crippen LogP contribution in [0.2, 0.25) is 0 Å². The number of anilines is 1. The predicted octanol–water partition coefficient (Wildman–Crippen LogP) is 3.20. The molecule has 148 valence electrons. The first-order valence-corrected chi connectivity index (χ1v) is 10.9. The summed E-state index contributed by atoms with van der Waals surface area (Å²) in [6.07, 6.45) is 2.67. The van der Waals surface area contributed by atoms with E-state index in [0.717, 1.165) is 11.9 Å². The number of aromatic nitrogens is 2. The molecule has 0 aliphatic heterocycles. The van der Waals surface area contributed by atoms with E-state index in [9.17, 15) is 17.6 Å². The van der Waals surface area contributed by atoms with Gasteiger partial charge in [-0.05, 0) is 36.6 Å². The minimum absolute atomic E-state index is 0.0372. The monoisotopic (exact) mass is 461 g/mol. The van der Waals surface area contributed by atoms with Gasteiger partial charge in [0.15, 0.2) is 0 Å². The second-order valence-corrected chi connectivity index (χ2v) is 9.01. The van der Waals surface area contributed by atoms with Gasteiger partial charge in [-0.2, -0.15) is 13.5 Å². The van der Waals surface area contributed by atoms with Crippen LogP contribution in [0.1, 0.15) is 31.9 Å². The number of benzene rings is 1. The van der Waals surface area contributed by atoms with Crippen LogP contribution in [0, 0.1) is 5.82 Å². The molecule has 0 saturated heterocycles. The first-order valence-electron chi connectivity index (χ1n) is 8.21. The molecule has 1 N–H and O–H groups in total. The Morgan fingerprint density at radius 2 is 1.96 bits per heavy atom. The van der Waals surface area contributed by atoms with Gasteiger partial charge in [-0.3, -0.25) is 8.98 Å². The molecule has 7 nitrogen and oxygen atoms in total. The van der Waals surface area contributed by atoms with Crippen LogP contribution in [0.5, 0.6) is 0 Å². The molecule has 0 saturated carbocycles. The summed E-state index contributed by atoms with van der Waals surface area (Å²) in [5, 5.41) is 7.10. The van der Waals surface area contributed by atoms with Crippen LogP contribution in [0.4, 0.5) is 10.1 Å². The van der Waals surface area contributed by atoms with Crippen LogP contribution in [-0.2, 0) is 19.1 Å². The van der Waals surface area contributed by atoms with E-state index >= 15 is 0 Å². The number of carbonyl (C=O) groups excluding carboxylic acids is 1. The molecule has 0 aliphatic rings. The Hall–Kier alpha value is -1.78. The van der Waals surface area contributed by atoms with E-state index in [1.54, 1.807) is 16.8 Å². The van der Waals surface area contributed by atoms with Crippen molar-refractivity contribution in [1.82, 2.24) is 9.78 Å². The van der Waals surface area contributed by atoms with Crippen LogP contribution in [0.3, 0.4) is 0 Å². The lowest BCUT2D eigenvalue weighted by molar-refractivity contribution is -0.115. The lowest BCUT2D eigenvalue weighted by atomic mass is 10.1. The first kappa shape index (κ1) is 21.5. The van der Waals surface area contributed by atoms with Gasteiger partial charge in [0.05, 0.1) is 41.0 Å². The number of alkyl halides is 1. The van der Waals surface area contributed by atoms with Gasteiger partial charge in [-0.15, -0.1) is 0 Å². The van der Waals surface area contributed by atoms with Crippen LogP contribution in [0.15, 0.2) is 30.5 Å². The summed E-state index contributed by atoms with van der Waals surface area (Å²) < 4.78 is 41.4. The number of rotatable bonds is 8. The van der Waals surface area contributed by atoms with Gasteiger partial charge >= 0.3 is 0 Å². The van der Waals surface area contributed by atoms with Crippen LogP contribution in [-0.4, -0.2) is 41.8 Å². The highest BCUT2D eigenvalue weighted by Crippen LogP contribution is 2.27. The molecule has 1 aromatic heterocycles. The van der Waals surface area contributed by atoms with Gasteiger partial charge in [-0.25, -0.2) is 9.07 Å². The number of carbonyl (C=O) groups is 1. The van der Waals surface area contributed by atoms with Crippen LogP contribution < -0.4 is 5.32 Å². The highest BCUT2D eigenvalue weighted by molar-refractivity contribution is 9.10. The Labute approximate surface area is 166 Å². The number of nitrogens with one attached hydrogen (secondary N) is 1. The Morgan fingerprint density at radius 1 is 1.33 bits per heavy atom. The SMILES string of the molecule is CC(C)c1c(NC(=O)C(Br)CCOS(C)(=O)=O)cnn1-c1ccc(F)cc1. The molecular formula is C17H21BrFN3O4S. The Balaban J connectivity index is 2.14. The number of amides is 1. The van der Waals surface area contributed by atoms with Gasteiger partial charge in [-0.1, -0.05) is 29.8 Å². The lowest BCUT2D eigenvalue weighted by Crippen LogP contribution is -2.25. The summed E-state index contributed by atoms with van der Waals surface area (Å²) in [6, 6.07) is 5.90. The molecule has 2 aromatic rings. The van der Waals surface area contributed by atoms with Crippen molar-refractivity contribution in [2.24, 2.45) is 0 Å². The Bertz CT molecular complexity index is 897. The fraction of sp³-hybridized carbons (Fsp3) is 0.412. The molecule has 0 radical (unpaired) electrons. The van der Waals surface area contributed by atoms with Gasteiger partial charge in [0.2, 0.25) is 5.91 Å². The lowest BCUT2D eigenvalue weighted by Gasteiger charge is -2.15. The molecule has 1 atom stereocenters. The van der Waals surface area contributed by atoms with Gasteiger partial charge in [0.1, 0.15) is 5.82 Å². The molecule has 27 heavy (non-hydrogen) atoms. The van der Waals surface area contributed by atoms with Crippen molar-refractivity contribution in [3.8, 4) is 5.69 Å². The Kier molecular flexibility index (Phi) is 7.12. The maximum absolute atomic E-state index is 13.2. The van der Waals surface area contributed by atoms with Gasteiger partial charge in [0.25, 0.3) is 10.1 Å². The summed E-state index contributed by atoms with van der Waals surface area (Å²) in [5.74, 6) is -0.646. The average molecular weight is 462 g/mol. The number of halogens is 2. The fourth-order valence-corrected chi connectivity index (χ4v) is 3.14. The topological polar surface area (TPSA) is 90.3 Å². The summed E-state index contributed by atoms with van der Waals surface area (Å²) in [4.78, 5) is 11.8. The molecule has 1 heterocycles. The normalized spacial score (nSPS) is 13.0. The largest absolute Gasteiger partial charge is 0.322 e. The van der Waals surface area contributed by atoms with E-state index in [-0.39, 0.29) is 30.7 Å². The molecule has 0 bridgehead atoms. The zero-order chi connectivity index (χ0) is 20.2. The molecule has 0 aliphatic carbocycles. The number of hydrogen-bond acceptors (Lipinski definition) is 5. The third-order valence-electron chi connectivity index (χ3n) is 3.64.